The quantitative estimate of drug-likeness (QED) is 0.629. The third-order valence-electron chi connectivity index (χ3n) is 3.72. The highest BCUT2D eigenvalue weighted by Crippen LogP contribution is 2.26. The summed E-state index contributed by atoms with van der Waals surface area (Å²) in [5, 5.41) is -0.230. The van der Waals surface area contributed by atoms with Crippen LogP contribution >= 0.6 is 0 Å². The maximum atomic E-state index is 11.9. The minimum Gasteiger partial charge on any atom is -0.270 e. The summed E-state index contributed by atoms with van der Waals surface area (Å²) in [4.78, 5) is 0. The minimum atomic E-state index is -3.29. The van der Waals surface area contributed by atoms with E-state index in [9.17, 15) is 8.42 Å². The van der Waals surface area contributed by atoms with Gasteiger partial charge in [-0.3, -0.25) is 4.18 Å². The minimum absolute atomic E-state index is 0.230. The molecule has 0 saturated heterocycles. The molecule has 0 bridgehead atoms. The van der Waals surface area contributed by atoms with Gasteiger partial charge in [0.1, 0.15) is 0 Å². The van der Waals surface area contributed by atoms with Crippen molar-refractivity contribution in [1.29, 1.82) is 0 Å². The van der Waals surface area contributed by atoms with Crippen molar-refractivity contribution in [2.24, 2.45) is 5.92 Å². The Morgan fingerprint density at radius 2 is 1.88 bits per heavy atom. The molecule has 0 N–H and O–H groups in total. The fraction of sp³-hybridized carbons (Fsp3) is 1.00. The SMILES string of the molecule is CCCCC(CC)COS(=O)(=O)C1CCCC1. The van der Waals surface area contributed by atoms with Gasteiger partial charge in [0.05, 0.1) is 11.9 Å². The molecule has 0 aromatic heterocycles. The average Bonchev–Trinajstić information content (AvgIpc) is 2.83. The van der Waals surface area contributed by atoms with Crippen molar-refractivity contribution in [2.45, 2.75) is 70.5 Å². The molecule has 1 unspecified atom stereocenters. The van der Waals surface area contributed by atoms with E-state index in [0.717, 1.165) is 51.4 Å². The standard InChI is InChI=1S/C13H26O3S/c1-3-5-8-12(4-2)11-16-17(14,15)13-9-6-7-10-13/h12-13H,3-11H2,1-2H3. The highest BCUT2D eigenvalue weighted by Gasteiger charge is 2.30. The van der Waals surface area contributed by atoms with E-state index in [2.05, 4.69) is 13.8 Å². The monoisotopic (exact) mass is 262 g/mol. The van der Waals surface area contributed by atoms with Crippen molar-refractivity contribution >= 4 is 10.1 Å². The molecule has 0 aromatic rings. The Kier molecular flexibility index (Phi) is 6.49. The second-order valence-corrected chi connectivity index (χ2v) is 6.99. The van der Waals surface area contributed by atoms with Crippen molar-refractivity contribution < 1.29 is 12.6 Å². The summed E-state index contributed by atoms with van der Waals surface area (Å²) in [6, 6.07) is 0. The van der Waals surface area contributed by atoms with Crippen molar-refractivity contribution in [2.75, 3.05) is 6.61 Å². The highest BCUT2D eigenvalue weighted by molar-refractivity contribution is 7.87. The smallest absolute Gasteiger partial charge is 0.270 e. The third kappa shape index (κ3) is 4.96. The normalized spacial score (nSPS) is 19.6. The van der Waals surface area contributed by atoms with Gasteiger partial charge in [0, 0.05) is 0 Å². The molecule has 4 heteroatoms. The van der Waals surface area contributed by atoms with Crippen LogP contribution in [0.4, 0.5) is 0 Å². The van der Waals surface area contributed by atoms with Crippen LogP contribution in [-0.2, 0) is 14.3 Å². The first kappa shape index (κ1) is 15.0. The molecule has 1 fully saturated rings. The Morgan fingerprint density at radius 1 is 1.24 bits per heavy atom. The van der Waals surface area contributed by atoms with E-state index < -0.39 is 10.1 Å². The van der Waals surface area contributed by atoms with E-state index in [4.69, 9.17) is 4.18 Å². The van der Waals surface area contributed by atoms with Crippen LogP contribution in [0.15, 0.2) is 0 Å². The summed E-state index contributed by atoms with van der Waals surface area (Å²) in [6.07, 6.45) is 8.02. The van der Waals surface area contributed by atoms with E-state index in [-0.39, 0.29) is 5.25 Å². The maximum absolute atomic E-state index is 11.9. The molecule has 0 aromatic carbocycles. The number of hydrogen-bond donors (Lipinski definition) is 0. The van der Waals surface area contributed by atoms with Gasteiger partial charge in [-0.05, 0) is 25.2 Å². The molecule has 17 heavy (non-hydrogen) atoms. The Hall–Kier alpha value is -0.0900. The molecular formula is C13H26O3S. The molecule has 3 nitrogen and oxygen atoms in total. The van der Waals surface area contributed by atoms with E-state index in [1.807, 2.05) is 0 Å². The molecule has 0 amide bonds. The van der Waals surface area contributed by atoms with Crippen molar-refractivity contribution in [3.63, 3.8) is 0 Å². The Bertz CT molecular complexity index is 292. The molecule has 102 valence electrons. The van der Waals surface area contributed by atoms with Crippen molar-refractivity contribution in [1.82, 2.24) is 0 Å². The van der Waals surface area contributed by atoms with Gasteiger partial charge >= 0.3 is 0 Å². The van der Waals surface area contributed by atoms with Crippen LogP contribution in [0, 0.1) is 5.92 Å². The summed E-state index contributed by atoms with van der Waals surface area (Å²) >= 11 is 0. The van der Waals surface area contributed by atoms with Crippen LogP contribution in [-0.4, -0.2) is 20.3 Å². The third-order valence-corrected chi connectivity index (χ3v) is 5.47. The predicted molar refractivity (Wildman–Crippen MR) is 70.4 cm³/mol. The average molecular weight is 262 g/mol. The van der Waals surface area contributed by atoms with Gasteiger partial charge < -0.3 is 0 Å². The fourth-order valence-corrected chi connectivity index (χ4v) is 3.85. The summed E-state index contributed by atoms with van der Waals surface area (Å²) in [7, 11) is -3.29. The summed E-state index contributed by atoms with van der Waals surface area (Å²) in [6.45, 7) is 4.64. The lowest BCUT2D eigenvalue weighted by Gasteiger charge is -2.16. The van der Waals surface area contributed by atoms with Gasteiger partial charge in [0.2, 0.25) is 0 Å². The number of hydrogen-bond acceptors (Lipinski definition) is 3. The lowest BCUT2D eigenvalue weighted by atomic mass is 10.0. The van der Waals surface area contributed by atoms with Gasteiger partial charge in [0.15, 0.2) is 0 Å². The van der Waals surface area contributed by atoms with Crippen molar-refractivity contribution in [3.8, 4) is 0 Å². The number of unbranched alkanes of at least 4 members (excludes halogenated alkanes) is 1. The summed E-state index contributed by atoms with van der Waals surface area (Å²) < 4.78 is 29.0. The van der Waals surface area contributed by atoms with E-state index in [1.54, 1.807) is 0 Å². The second-order valence-electron chi connectivity index (χ2n) is 5.10. The molecular weight excluding hydrogens is 236 g/mol. The predicted octanol–water partition coefficient (Wildman–Crippen LogP) is 3.49. The van der Waals surface area contributed by atoms with Crippen LogP contribution in [0.1, 0.15) is 65.2 Å². The Balaban J connectivity index is 2.36. The molecule has 0 radical (unpaired) electrons. The lowest BCUT2D eigenvalue weighted by molar-refractivity contribution is 0.235. The molecule has 0 heterocycles. The highest BCUT2D eigenvalue weighted by atomic mass is 32.2. The largest absolute Gasteiger partial charge is 0.270 e. The van der Waals surface area contributed by atoms with E-state index in [1.165, 1.54) is 0 Å². The van der Waals surface area contributed by atoms with Crippen molar-refractivity contribution in [3.05, 3.63) is 0 Å². The first-order valence-electron chi connectivity index (χ1n) is 6.98. The van der Waals surface area contributed by atoms with Gasteiger partial charge in [-0.25, -0.2) is 0 Å². The summed E-state index contributed by atoms with van der Waals surface area (Å²) in [5.74, 6) is 0.395. The fourth-order valence-electron chi connectivity index (χ4n) is 2.36. The van der Waals surface area contributed by atoms with Gasteiger partial charge in [-0.1, -0.05) is 46.0 Å². The molecule has 1 rings (SSSR count). The van der Waals surface area contributed by atoms with E-state index in [0.29, 0.717) is 12.5 Å². The molecule has 1 aliphatic rings. The molecule has 0 spiro atoms. The zero-order chi connectivity index (χ0) is 12.7. The molecule has 1 atom stereocenters. The first-order chi connectivity index (χ1) is 8.10. The van der Waals surface area contributed by atoms with Crippen LogP contribution in [0.5, 0.6) is 0 Å². The van der Waals surface area contributed by atoms with Gasteiger partial charge in [-0.2, -0.15) is 8.42 Å². The maximum Gasteiger partial charge on any atom is 0.270 e. The Labute approximate surface area is 106 Å². The molecule has 1 saturated carbocycles. The van der Waals surface area contributed by atoms with Crippen LogP contribution in [0.25, 0.3) is 0 Å². The van der Waals surface area contributed by atoms with Gasteiger partial charge in [-0.15, -0.1) is 0 Å². The first-order valence-corrected chi connectivity index (χ1v) is 8.45. The Morgan fingerprint density at radius 3 is 2.41 bits per heavy atom. The molecule has 1 aliphatic carbocycles. The zero-order valence-corrected chi connectivity index (χ0v) is 12.0. The van der Waals surface area contributed by atoms with E-state index >= 15 is 0 Å². The molecule has 0 aliphatic heterocycles. The topological polar surface area (TPSA) is 43.4 Å². The second kappa shape index (κ2) is 7.37. The van der Waals surface area contributed by atoms with Crippen LogP contribution in [0.3, 0.4) is 0 Å². The van der Waals surface area contributed by atoms with Crippen LogP contribution < -0.4 is 0 Å². The van der Waals surface area contributed by atoms with Gasteiger partial charge in [0.25, 0.3) is 10.1 Å². The lowest BCUT2D eigenvalue weighted by Crippen LogP contribution is -2.23. The summed E-state index contributed by atoms with van der Waals surface area (Å²) in [5.41, 5.74) is 0. The zero-order valence-electron chi connectivity index (χ0n) is 11.2. The number of rotatable bonds is 8. The van der Waals surface area contributed by atoms with Crippen LogP contribution in [0.2, 0.25) is 0 Å².